The fourth-order valence-electron chi connectivity index (χ4n) is 3.04. The van der Waals surface area contributed by atoms with E-state index in [0.29, 0.717) is 11.7 Å². The van der Waals surface area contributed by atoms with Crippen LogP contribution in [0.4, 0.5) is 0 Å². The lowest BCUT2D eigenvalue weighted by Gasteiger charge is -2.34. The minimum absolute atomic E-state index is 0.0263. The summed E-state index contributed by atoms with van der Waals surface area (Å²) in [5, 5.41) is 7.12. The lowest BCUT2D eigenvalue weighted by Crippen LogP contribution is -2.36. The molecule has 3 rings (SSSR count). The van der Waals surface area contributed by atoms with Gasteiger partial charge in [0.25, 0.3) is 0 Å². The molecule has 3 nitrogen and oxygen atoms in total. The van der Waals surface area contributed by atoms with E-state index in [4.69, 9.17) is 16.3 Å². The van der Waals surface area contributed by atoms with Crippen LogP contribution in [0.1, 0.15) is 30.5 Å². The first-order valence-corrected chi connectivity index (χ1v) is 8.10. The van der Waals surface area contributed by atoms with E-state index in [9.17, 15) is 0 Å². The van der Waals surface area contributed by atoms with Crippen LogP contribution in [0.25, 0.3) is 0 Å². The Kier molecular flexibility index (Phi) is 4.31. The Labute approximate surface area is 142 Å². The lowest BCUT2D eigenvalue weighted by atomic mass is 9.84. The third-order valence-corrected chi connectivity index (χ3v) is 4.56. The van der Waals surface area contributed by atoms with Crippen LogP contribution >= 0.6 is 11.6 Å². The van der Waals surface area contributed by atoms with Crippen LogP contribution in [0.2, 0.25) is 0 Å². The van der Waals surface area contributed by atoms with Crippen LogP contribution in [-0.4, -0.2) is 23.8 Å². The van der Waals surface area contributed by atoms with E-state index in [1.54, 1.807) is 7.11 Å². The summed E-state index contributed by atoms with van der Waals surface area (Å²) >= 11 is 6.40. The average molecular weight is 329 g/mol. The second-order valence-electron chi connectivity index (χ2n) is 6.45. The Morgan fingerprint density at radius 1 is 1.13 bits per heavy atom. The molecule has 0 aromatic heterocycles. The summed E-state index contributed by atoms with van der Waals surface area (Å²) in [6.45, 7) is 5.93. The molecule has 120 valence electrons. The Morgan fingerprint density at radius 2 is 1.87 bits per heavy atom. The van der Waals surface area contributed by atoms with Gasteiger partial charge in [-0.3, -0.25) is 5.01 Å². The summed E-state index contributed by atoms with van der Waals surface area (Å²) in [6.07, 6.45) is 0. The quantitative estimate of drug-likeness (QED) is 0.831. The number of rotatable bonds is 4. The summed E-state index contributed by atoms with van der Waals surface area (Å²) in [5.74, 6) is 0.859. The molecule has 0 saturated carbocycles. The van der Waals surface area contributed by atoms with Gasteiger partial charge >= 0.3 is 0 Å². The third kappa shape index (κ3) is 3.20. The largest absolute Gasteiger partial charge is 0.496 e. The molecule has 0 spiro atoms. The molecule has 2 aromatic carbocycles. The summed E-state index contributed by atoms with van der Waals surface area (Å²) in [4.78, 5) is 0. The summed E-state index contributed by atoms with van der Waals surface area (Å²) in [5.41, 5.74) is 3.32. The molecular weight excluding hydrogens is 308 g/mol. The molecule has 0 fully saturated rings. The normalized spacial score (nSPS) is 14.3. The van der Waals surface area contributed by atoms with E-state index < -0.39 is 0 Å². The van der Waals surface area contributed by atoms with Gasteiger partial charge in [-0.25, -0.2) is 0 Å². The summed E-state index contributed by atoms with van der Waals surface area (Å²) in [6, 6.07) is 16.4. The van der Waals surface area contributed by atoms with Gasteiger partial charge in [-0.2, -0.15) is 5.10 Å². The molecule has 0 N–H and O–H groups in total. The van der Waals surface area contributed by atoms with Gasteiger partial charge in [-0.05, 0) is 11.6 Å². The minimum Gasteiger partial charge on any atom is -0.496 e. The first-order chi connectivity index (χ1) is 11.0. The van der Waals surface area contributed by atoms with Crippen molar-refractivity contribution in [3.63, 3.8) is 0 Å². The molecular formula is C19H21ClN2O. The number of methoxy groups -OCH3 is 1. The van der Waals surface area contributed by atoms with Crippen molar-refractivity contribution in [1.82, 2.24) is 5.01 Å². The SMILES string of the molecule is COc1cccc2c1CN(CC(C)(C)c1ccccc1)N=C2Cl. The molecule has 1 heterocycles. The van der Waals surface area contributed by atoms with Gasteiger partial charge in [0.05, 0.1) is 13.7 Å². The van der Waals surface area contributed by atoms with Gasteiger partial charge in [-0.1, -0.05) is 67.9 Å². The number of benzene rings is 2. The first-order valence-electron chi connectivity index (χ1n) is 7.72. The molecule has 2 aromatic rings. The molecule has 0 unspecified atom stereocenters. The Morgan fingerprint density at radius 3 is 2.57 bits per heavy atom. The number of hydrazone groups is 1. The standard InChI is InChI=1S/C19H21ClN2O/c1-19(2,14-8-5-4-6-9-14)13-22-12-16-15(18(20)21-22)10-7-11-17(16)23-3/h4-11H,12-13H2,1-3H3. The molecule has 0 aliphatic carbocycles. The summed E-state index contributed by atoms with van der Waals surface area (Å²) in [7, 11) is 1.69. The van der Waals surface area contributed by atoms with Crippen molar-refractivity contribution in [3.8, 4) is 5.75 Å². The van der Waals surface area contributed by atoms with E-state index in [1.807, 2.05) is 29.3 Å². The van der Waals surface area contributed by atoms with Gasteiger partial charge in [-0.15, -0.1) is 0 Å². The highest BCUT2D eigenvalue weighted by Crippen LogP contribution is 2.32. The molecule has 0 saturated heterocycles. The van der Waals surface area contributed by atoms with E-state index in [0.717, 1.165) is 23.4 Å². The van der Waals surface area contributed by atoms with Crippen LogP contribution < -0.4 is 4.74 Å². The molecule has 0 atom stereocenters. The van der Waals surface area contributed by atoms with Gasteiger partial charge < -0.3 is 4.74 Å². The molecule has 23 heavy (non-hydrogen) atoms. The van der Waals surface area contributed by atoms with Crippen molar-refractivity contribution in [2.45, 2.75) is 25.8 Å². The van der Waals surface area contributed by atoms with Crippen LogP contribution in [0.15, 0.2) is 53.6 Å². The average Bonchev–Trinajstić information content (AvgIpc) is 2.55. The van der Waals surface area contributed by atoms with E-state index in [2.05, 4.69) is 43.2 Å². The first kappa shape index (κ1) is 15.9. The number of hydrogen-bond acceptors (Lipinski definition) is 3. The maximum Gasteiger partial charge on any atom is 0.156 e. The monoisotopic (exact) mass is 328 g/mol. The number of nitrogens with zero attached hydrogens (tertiary/aromatic N) is 2. The van der Waals surface area contributed by atoms with E-state index in [-0.39, 0.29) is 5.41 Å². The molecule has 0 radical (unpaired) electrons. The van der Waals surface area contributed by atoms with Gasteiger partial charge in [0, 0.05) is 23.1 Å². The van der Waals surface area contributed by atoms with Crippen LogP contribution in [0, 0.1) is 0 Å². The number of ether oxygens (including phenoxy) is 1. The second-order valence-corrected chi connectivity index (χ2v) is 6.81. The molecule has 1 aliphatic rings. The highest BCUT2D eigenvalue weighted by molar-refractivity contribution is 6.69. The highest BCUT2D eigenvalue weighted by Gasteiger charge is 2.27. The topological polar surface area (TPSA) is 24.8 Å². The summed E-state index contributed by atoms with van der Waals surface area (Å²) < 4.78 is 5.48. The minimum atomic E-state index is -0.0263. The predicted octanol–water partition coefficient (Wildman–Crippen LogP) is 4.39. The van der Waals surface area contributed by atoms with Crippen molar-refractivity contribution < 1.29 is 4.74 Å². The van der Waals surface area contributed by atoms with Crippen molar-refractivity contribution in [2.75, 3.05) is 13.7 Å². The van der Waals surface area contributed by atoms with Gasteiger partial charge in [0.1, 0.15) is 5.75 Å². The molecule has 0 bridgehead atoms. The number of halogens is 1. The Balaban J connectivity index is 1.87. The van der Waals surface area contributed by atoms with Crippen molar-refractivity contribution in [3.05, 3.63) is 65.2 Å². The lowest BCUT2D eigenvalue weighted by molar-refractivity contribution is 0.219. The Hall–Kier alpha value is -2.00. The second kappa shape index (κ2) is 6.25. The van der Waals surface area contributed by atoms with Crippen LogP contribution in [0.5, 0.6) is 5.75 Å². The maximum atomic E-state index is 6.40. The molecule has 0 amide bonds. The molecule has 4 heteroatoms. The van der Waals surface area contributed by atoms with E-state index in [1.165, 1.54) is 5.56 Å². The predicted molar refractivity (Wildman–Crippen MR) is 95.3 cm³/mol. The van der Waals surface area contributed by atoms with Crippen molar-refractivity contribution in [1.29, 1.82) is 0 Å². The van der Waals surface area contributed by atoms with Crippen LogP contribution in [-0.2, 0) is 12.0 Å². The third-order valence-electron chi connectivity index (χ3n) is 4.28. The fourth-order valence-corrected chi connectivity index (χ4v) is 3.32. The van der Waals surface area contributed by atoms with Gasteiger partial charge in [0.2, 0.25) is 0 Å². The van der Waals surface area contributed by atoms with Crippen LogP contribution in [0.3, 0.4) is 0 Å². The number of fused-ring (bicyclic) bond motifs is 1. The smallest absolute Gasteiger partial charge is 0.156 e. The Bertz CT molecular complexity index is 725. The number of hydrogen-bond donors (Lipinski definition) is 0. The zero-order valence-corrected chi connectivity index (χ0v) is 14.5. The van der Waals surface area contributed by atoms with Crippen molar-refractivity contribution >= 4 is 16.8 Å². The van der Waals surface area contributed by atoms with Crippen molar-refractivity contribution in [2.24, 2.45) is 5.10 Å². The zero-order valence-electron chi connectivity index (χ0n) is 13.7. The highest BCUT2D eigenvalue weighted by atomic mass is 35.5. The molecule has 1 aliphatic heterocycles. The zero-order chi connectivity index (χ0) is 16.4. The van der Waals surface area contributed by atoms with Gasteiger partial charge in [0.15, 0.2) is 5.17 Å². The van der Waals surface area contributed by atoms with E-state index >= 15 is 0 Å². The fraction of sp³-hybridized carbons (Fsp3) is 0.316. The maximum absolute atomic E-state index is 6.40.